The van der Waals surface area contributed by atoms with Gasteiger partial charge in [-0.25, -0.2) is 31.7 Å². The number of fused-ring (bicyclic) bond motifs is 2. The molecule has 15 heteroatoms. The van der Waals surface area contributed by atoms with Gasteiger partial charge in [-0.3, -0.25) is 4.79 Å². The maximum atomic E-state index is 15.2. The van der Waals surface area contributed by atoms with E-state index in [1.807, 2.05) is 0 Å². The van der Waals surface area contributed by atoms with Gasteiger partial charge in [-0.15, -0.1) is 10.2 Å². The lowest BCUT2D eigenvalue weighted by Gasteiger charge is -2.38. The third-order valence-corrected chi connectivity index (χ3v) is 6.08. The number of hydrogen-bond donors (Lipinski definition) is 2. The van der Waals surface area contributed by atoms with Crippen LogP contribution in [0.3, 0.4) is 0 Å². The number of pyridine rings is 1. The fraction of sp³-hybridized carbons (Fsp3) is 0.429. The number of likely N-dealkylation sites (tertiary alicyclic amines) is 1. The Morgan fingerprint density at radius 2 is 2.08 bits per heavy atom. The van der Waals surface area contributed by atoms with Crippen LogP contribution in [-0.2, 0) is 11.3 Å². The van der Waals surface area contributed by atoms with Gasteiger partial charge in [0.15, 0.2) is 17.3 Å². The van der Waals surface area contributed by atoms with Crippen LogP contribution in [0.25, 0.3) is 27.9 Å². The van der Waals surface area contributed by atoms with Crippen molar-refractivity contribution in [2.24, 2.45) is 0 Å². The van der Waals surface area contributed by atoms with Crippen molar-refractivity contribution < 1.29 is 22.4 Å². The van der Waals surface area contributed by atoms with Crippen molar-refractivity contribution >= 4 is 34.4 Å². The van der Waals surface area contributed by atoms with Gasteiger partial charge in [0.25, 0.3) is 5.92 Å². The minimum Gasteiger partial charge on any atom is -0.371 e. The summed E-state index contributed by atoms with van der Waals surface area (Å²) in [5, 5.41) is 17.5. The maximum absolute atomic E-state index is 15.2. The van der Waals surface area contributed by atoms with E-state index in [-0.39, 0.29) is 53.7 Å². The summed E-state index contributed by atoms with van der Waals surface area (Å²) in [6.45, 7) is -0.0360. The number of rotatable bonds is 6. The second-order valence-electron chi connectivity index (χ2n) is 8.41. The van der Waals surface area contributed by atoms with Crippen molar-refractivity contribution in [2.75, 3.05) is 37.4 Å². The van der Waals surface area contributed by atoms with Gasteiger partial charge in [-0.2, -0.15) is 4.98 Å². The number of piperidine rings is 1. The Morgan fingerprint density at radius 1 is 1.28 bits per heavy atom. The molecule has 1 fully saturated rings. The van der Waals surface area contributed by atoms with Gasteiger partial charge in [0, 0.05) is 20.5 Å². The summed E-state index contributed by atoms with van der Waals surface area (Å²) in [6, 6.07) is 1.82. The van der Waals surface area contributed by atoms with E-state index in [0.717, 1.165) is 11.1 Å². The third-order valence-electron chi connectivity index (χ3n) is 6.08. The number of carbonyl (C=O) groups is 1. The molecule has 1 amide bonds. The van der Waals surface area contributed by atoms with Crippen LogP contribution in [-0.4, -0.2) is 84.2 Å². The Hall–Kier alpha value is -4.04. The fourth-order valence-corrected chi connectivity index (χ4v) is 4.30. The predicted molar refractivity (Wildman–Crippen MR) is 122 cm³/mol. The van der Waals surface area contributed by atoms with Crippen LogP contribution in [0.5, 0.6) is 0 Å². The quantitative estimate of drug-likeness (QED) is 0.383. The molecular weight excluding hydrogens is 484 g/mol. The van der Waals surface area contributed by atoms with E-state index in [1.165, 1.54) is 16.1 Å². The number of nitrogens with zero attached hydrogens (tertiary/aromatic N) is 8. The highest BCUT2D eigenvalue weighted by molar-refractivity contribution is 5.89. The second kappa shape index (κ2) is 8.87. The SMILES string of the molecule is CNc1nc(N[C@@H]2CCN(C(C)=O)CC2(F)F)nn2cc(F)c(-c3ccc4nnn(CCF)c4n3)c12. The molecule has 5 heterocycles. The Bertz CT molecular complexity index is 1450. The molecular formula is C21H22F4N10O. The van der Waals surface area contributed by atoms with Gasteiger partial charge in [0.05, 0.1) is 36.6 Å². The molecule has 0 aliphatic carbocycles. The first-order chi connectivity index (χ1) is 17.2. The molecule has 0 radical (unpaired) electrons. The van der Waals surface area contributed by atoms with Gasteiger partial charge in [0.1, 0.15) is 17.7 Å². The number of aromatic nitrogens is 7. The van der Waals surface area contributed by atoms with Gasteiger partial charge in [-0.05, 0) is 18.6 Å². The first-order valence-electron chi connectivity index (χ1n) is 11.1. The molecule has 2 N–H and O–H groups in total. The lowest BCUT2D eigenvalue weighted by atomic mass is 10.0. The molecule has 5 rings (SSSR count). The zero-order valence-corrected chi connectivity index (χ0v) is 19.3. The van der Waals surface area contributed by atoms with Crippen molar-refractivity contribution in [3.05, 3.63) is 24.1 Å². The van der Waals surface area contributed by atoms with Crippen molar-refractivity contribution in [1.29, 1.82) is 0 Å². The van der Waals surface area contributed by atoms with Crippen molar-refractivity contribution in [3.63, 3.8) is 0 Å². The van der Waals surface area contributed by atoms with Crippen molar-refractivity contribution in [1.82, 2.24) is 39.5 Å². The molecule has 0 bridgehead atoms. The zero-order chi connectivity index (χ0) is 25.6. The number of carbonyl (C=O) groups excluding carboxylic acids is 1. The standard InChI is InChI=1S/C21H22F4N10O/c1-11(36)33-7-5-15(21(24,25)10-33)28-20-29-18(26-2)17-16(12(23)9-35(17)31-20)13-3-4-14-19(27-13)34(8-6-22)32-30-14/h3-4,9,15H,5-8,10H2,1-2H3,(H2,26,28,29,31)/t15-/m1/s1. The highest BCUT2D eigenvalue weighted by Gasteiger charge is 2.45. The molecule has 0 saturated carbocycles. The molecule has 1 aliphatic heterocycles. The van der Waals surface area contributed by atoms with Crippen LogP contribution < -0.4 is 10.6 Å². The van der Waals surface area contributed by atoms with Gasteiger partial charge in [0.2, 0.25) is 11.9 Å². The maximum Gasteiger partial charge on any atom is 0.285 e. The number of aryl methyl sites for hydroxylation is 1. The van der Waals surface area contributed by atoms with Crippen LogP contribution in [0.2, 0.25) is 0 Å². The molecule has 1 saturated heterocycles. The molecule has 11 nitrogen and oxygen atoms in total. The monoisotopic (exact) mass is 506 g/mol. The first-order valence-corrected chi connectivity index (χ1v) is 11.1. The first kappa shape index (κ1) is 23.7. The molecule has 190 valence electrons. The summed E-state index contributed by atoms with van der Waals surface area (Å²) in [4.78, 5) is 21.3. The Morgan fingerprint density at radius 3 is 2.78 bits per heavy atom. The lowest BCUT2D eigenvalue weighted by molar-refractivity contribution is -0.140. The zero-order valence-electron chi connectivity index (χ0n) is 19.3. The number of hydrogen-bond acceptors (Lipinski definition) is 8. The molecule has 0 spiro atoms. The minimum absolute atomic E-state index is 0.0152. The van der Waals surface area contributed by atoms with E-state index >= 15 is 4.39 Å². The second-order valence-corrected chi connectivity index (χ2v) is 8.41. The van der Waals surface area contributed by atoms with Crippen molar-refractivity contribution in [2.45, 2.75) is 31.9 Å². The van der Waals surface area contributed by atoms with E-state index < -0.39 is 36.9 Å². The smallest absolute Gasteiger partial charge is 0.285 e. The Balaban J connectivity index is 1.53. The largest absolute Gasteiger partial charge is 0.371 e. The van der Waals surface area contributed by atoms with E-state index in [1.54, 1.807) is 19.2 Å². The summed E-state index contributed by atoms with van der Waals surface area (Å²) < 4.78 is 59.9. The molecule has 1 aliphatic rings. The topological polar surface area (TPSA) is 118 Å². The lowest BCUT2D eigenvalue weighted by Crippen LogP contribution is -2.55. The van der Waals surface area contributed by atoms with Crippen LogP contribution in [0.15, 0.2) is 18.3 Å². The Labute approximate surface area is 201 Å². The van der Waals surface area contributed by atoms with E-state index in [0.29, 0.717) is 5.52 Å². The summed E-state index contributed by atoms with van der Waals surface area (Å²) >= 11 is 0. The van der Waals surface area contributed by atoms with Crippen LogP contribution in [0.1, 0.15) is 13.3 Å². The van der Waals surface area contributed by atoms with E-state index in [2.05, 4.69) is 36.0 Å². The number of anilines is 2. The molecule has 36 heavy (non-hydrogen) atoms. The predicted octanol–water partition coefficient (Wildman–Crippen LogP) is 2.35. The number of nitrogens with one attached hydrogen (secondary N) is 2. The van der Waals surface area contributed by atoms with Gasteiger partial charge < -0.3 is 15.5 Å². The molecule has 4 aromatic rings. The normalized spacial score (nSPS) is 17.6. The van der Waals surface area contributed by atoms with Crippen LogP contribution >= 0.6 is 0 Å². The molecule has 4 aromatic heterocycles. The minimum atomic E-state index is -3.22. The summed E-state index contributed by atoms with van der Waals surface area (Å²) in [7, 11) is 1.55. The Kier molecular flexibility index (Phi) is 5.84. The number of amides is 1. The van der Waals surface area contributed by atoms with Crippen LogP contribution in [0.4, 0.5) is 29.3 Å². The molecule has 0 aromatic carbocycles. The average molecular weight is 506 g/mol. The summed E-state index contributed by atoms with van der Waals surface area (Å²) in [5.74, 6) is -4.27. The third kappa shape index (κ3) is 4.03. The number of halogens is 4. The van der Waals surface area contributed by atoms with E-state index in [9.17, 15) is 18.0 Å². The summed E-state index contributed by atoms with van der Waals surface area (Å²) in [6.07, 6.45) is 1.08. The highest BCUT2D eigenvalue weighted by Crippen LogP contribution is 2.34. The van der Waals surface area contributed by atoms with Crippen LogP contribution in [0, 0.1) is 5.82 Å². The number of alkyl halides is 3. The summed E-state index contributed by atoms with van der Waals surface area (Å²) in [5.41, 5.74) is 1.22. The van der Waals surface area contributed by atoms with E-state index in [4.69, 9.17) is 0 Å². The van der Waals surface area contributed by atoms with Crippen molar-refractivity contribution in [3.8, 4) is 11.3 Å². The average Bonchev–Trinajstić information content (AvgIpc) is 3.39. The fourth-order valence-electron chi connectivity index (χ4n) is 4.30. The molecule has 1 atom stereocenters. The highest BCUT2D eigenvalue weighted by atomic mass is 19.3. The molecule has 0 unspecified atom stereocenters. The van der Waals surface area contributed by atoms with Gasteiger partial charge >= 0.3 is 0 Å². The van der Waals surface area contributed by atoms with Gasteiger partial charge in [-0.1, -0.05) is 5.21 Å².